The Hall–Kier alpha value is -2.41. The van der Waals surface area contributed by atoms with Crippen LogP contribution in [0.3, 0.4) is 0 Å². The Bertz CT molecular complexity index is 804. The topological polar surface area (TPSA) is 50.6 Å². The largest absolute Gasteiger partial charge is 0.442 e. The Kier molecular flexibility index (Phi) is 4.40. The molecule has 0 spiro atoms. The molecule has 2 fully saturated rings. The number of hydrogen-bond acceptors (Lipinski definition) is 4. The van der Waals surface area contributed by atoms with Crippen LogP contribution in [0.2, 0.25) is 0 Å². The van der Waals surface area contributed by atoms with Crippen molar-refractivity contribution in [2.45, 2.75) is 32.0 Å². The van der Waals surface area contributed by atoms with Gasteiger partial charge >= 0.3 is 6.09 Å². The molecular formula is C19H23FN4O2. The summed E-state index contributed by atoms with van der Waals surface area (Å²) in [6.45, 7) is 5.02. The lowest BCUT2D eigenvalue weighted by molar-refractivity contribution is 0.120. The van der Waals surface area contributed by atoms with Crippen molar-refractivity contribution < 1.29 is 13.9 Å². The van der Waals surface area contributed by atoms with E-state index in [9.17, 15) is 9.18 Å². The zero-order valence-corrected chi connectivity index (χ0v) is 15.1. The van der Waals surface area contributed by atoms with Gasteiger partial charge in [-0.1, -0.05) is 12.1 Å². The molecule has 1 amide bonds. The highest BCUT2D eigenvalue weighted by molar-refractivity contribution is 5.71. The Labute approximate surface area is 152 Å². The molecule has 2 saturated heterocycles. The average Bonchev–Trinajstić information content (AvgIpc) is 3.23. The molecule has 26 heavy (non-hydrogen) atoms. The van der Waals surface area contributed by atoms with Crippen LogP contribution in [0.25, 0.3) is 0 Å². The van der Waals surface area contributed by atoms with Crippen molar-refractivity contribution in [1.82, 2.24) is 19.6 Å². The predicted molar refractivity (Wildman–Crippen MR) is 94.1 cm³/mol. The van der Waals surface area contributed by atoms with Gasteiger partial charge in [0.15, 0.2) is 0 Å². The van der Waals surface area contributed by atoms with E-state index < -0.39 is 0 Å². The first-order valence-electron chi connectivity index (χ1n) is 8.93. The van der Waals surface area contributed by atoms with Crippen LogP contribution in [0.5, 0.6) is 0 Å². The first-order chi connectivity index (χ1) is 12.5. The standard InChI is InChI=1S/C19H23FN4O2/c1-13-15(9-21-22(13)2)10-23-11-17-18(12-23)26-19(25)24(17)8-7-14-3-5-16(20)6-4-14/h3-6,9,17-18H,7-8,10-12H2,1-2H3/t17-,18+/m1/s1. The number of fused-ring (bicyclic) bond motifs is 1. The number of ether oxygens (including phenoxy) is 1. The molecule has 2 aliphatic heterocycles. The number of likely N-dealkylation sites (tertiary alicyclic amines) is 1. The number of carbonyl (C=O) groups is 1. The van der Waals surface area contributed by atoms with Crippen LogP contribution in [0.1, 0.15) is 16.8 Å². The fourth-order valence-corrected chi connectivity index (χ4v) is 3.81. The fraction of sp³-hybridized carbons (Fsp3) is 0.474. The first-order valence-corrected chi connectivity index (χ1v) is 8.93. The minimum Gasteiger partial charge on any atom is -0.442 e. The van der Waals surface area contributed by atoms with E-state index in [0.717, 1.165) is 30.9 Å². The molecule has 6 nitrogen and oxygen atoms in total. The van der Waals surface area contributed by atoms with Gasteiger partial charge in [0, 0.05) is 44.5 Å². The summed E-state index contributed by atoms with van der Waals surface area (Å²) >= 11 is 0. The summed E-state index contributed by atoms with van der Waals surface area (Å²) in [5, 5.41) is 4.29. The lowest BCUT2D eigenvalue weighted by Crippen LogP contribution is -2.39. The monoisotopic (exact) mass is 358 g/mol. The zero-order chi connectivity index (χ0) is 18.3. The number of amides is 1. The Morgan fingerprint density at radius 2 is 2.04 bits per heavy atom. The van der Waals surface area contributed by atoms with E-state index in [0.29, 0.717) is 13.0 Å². The van der Waals surface area contributed by atoms with Crippen molar-refractivity contribution in [2.24, 2.45) is 7.05 Å². The number of halogens is 1. The number of benzene rings is 1. The second-order valence-electron chi connectivity index (χ2n) is 7.13. The van der Waals surface area contributed by atoms with Gasteiger partial charge in [-0.2, -0.15) is 5.10 Å². The van der Waals surface area contributed by atoms with Crippen molar-refractivity contribution in [2.75, 3.05) is 19.6 Å². The maximum absolute atomic E-state index is 13.0. The van der Waals surface area contributed by atoms with Gasteiger partial charge < -0.3 is 4.74 Å². The van der Waals surface area contributed by atoms with E-state index in [1.165, 1.54) is 17.7 Å². The molecule has 2 aromatic rings. The lowest BCUT2D eigenvalue weighted by atomic mass is 10.1. The van der Waals surface area contributed by atoms with E-state index in [4.69, 9.17) is 4.74 Å². The van der Waals surface area contributed by atoms with Crippen LogP contribution in [0.15, 0.2) is 30.5 Å². The van der Waals surface area contributed by atoms with Gasteiger partial charge in [0.1, 0.15) is 11.9 Å². The number of aryl methyl sites for hydroxylation is 1. The van der Waals surface area contributed by atoms with Crippen LogP contribution < -0.4 is 0 Å². The summed E-state index contributed by atoms with van der Waals surface area (Å²) < 4.78 is 20.5. The second kappa shape index (κ2) is 6.72. The lowest BCUT2D eigenvalue weighted by Gasteiger charge is -2.22. The molecule has 0 bridgehead atoms. The average molecular weight is 358 g/mol. The third-order valence-electron chi connectivity index (χ3n) is 5.49. The summed E-state index contributed by atoms with van der Waals surface area (Å²) in [6.07, 6.45) is 2.29. The Morgan fingerprint density at radius 1 is 1.27 bits per heavy atom. The molecule has 138 valence electrons. The van der Waals surface area contributed by atoms with E-state index in [1.54, 1.807) is 12.1 Å². The molecule has 1 aromatic carbocycles. The SMILES string of the molecule is Cc1c(CN2C[C@@H]3OC(=O)N(CCc4ccc(F)cc4)[C@@H]3C2)cnn1C. The summed E-state index contributed by atoms with van der Waals surface area (Å²) in [6, 6.07) is 6.52. The van der Waals surface area contributed by atoms with Crippen molar-refractivity contribution >= 4 is 6.09 Å². The van der Waals surface area contributed by atoms with Gasteiger partial charge in [-0.05, 0) is 31.0 Å². The normalized spacial score (nSPS) is 22.7. The summed E-state index contributed by atoms with van der Waals surface area (Å²) in [7, 11) is 1.94. The molecule has 0 unspecified atom stereocenters. The van der Waals surface area contributed by atoms with Gasteiger partial charge in [-0.3, -0.25) is 14.5 Å². The number of nitrogens with zero attached hydrogens (tertiary/aromatic N) is 4. The van der Waals surface area contributed by atoms with Gasteiger partial charge in [0.2, 0.25) is 0 Å². The van der Waals surface area contributed by atoms with E-state index >= 15 is 0 Å². The molecule has 4 rings (SSSR count). The van der Waals surface area contributed by atoms with Crippen molar-refractivity contribution in [3.63, 3.8) is 0 Å². The molecule has 0 saturated carbocycles. The van der Waals surface area contributed by atoms with Gasteiger partial charge in [-0.25, -0.2) is 9.18 Å². The van der Waals surface area contributed by atoms with Crippen LogP contribution >= 0.6 is 0 Å². The van der Waals surface area contributed by atoms with Gasteiger partial charge in [-0.15, -0.1) is 0 Å². The minimum absolute atomic E-state index is 0.0762. The molecule has 0 N–H and O–H groups in total. The predicted octanol–water partition coefficient (Wildman–Crippen LogP) is 2.12. The summed E-state index contributed by atoms with van der Waals surface area (Å²) in [5.41, 5.74) is 3.38. The maximum Gasteiger partial charge on any atom is 0.410 e. The highest BCUT2D eigenvalue weighted by Crippen LogP contribution is 2.28. The minimum atomic E-state index is -0.244. The van der Waals surface area contributed by atoms with Crippen LogP contribution in [0, 0.1) is 12.7 Å². The van der Waals surface area contributed by atoms with Gasteiger partial charge in [0.25, 0.3) is 0 Å². The molecule has 0 radical (unpaired) electrons. The highest BCUT2D eigenvalue weighted by atomic mass is 19.1. The molecule has 3 heterocycles. The first kappa shape index (κ1) is 17.0. The van der Waals surface area contributed by atoms with Crippen LogP contribution in [0.4, 0.5) is 9.18 Å². The van der Waals surface area contributed by atoms with Crippen molar-refractivity contribution in [3.05, 3.63) is 53.1 Å². The Balaban J connectivity index is 1.38. The van der Waals surface area contributed by atoms with E-state index in [2.05, 4.69) is 16.9 Å². The maximum atomic E-state index is 13.0. The zero-order valence-electron chi connectivity index (χ0n) is 15.1. The third-order valence-corrected chi connectivity index (χ3v) is 5.49. The van der Waals surface area contributed by atoms with E-state index in [-0.39, 0.29) is 24.1 Å². The molecule has 2 atom stereocenters. The van der Waals surface area contributed by atoms with Crippen molar-refractivity contribution in [1.29, 1.82) is 0 Å². The quantitative estimate of drug-likeness (QED) is 0.822. The summed E-state index contributed by atoms with van der Waals surface area (Å²) in [5.74, 6) is -0.244. The number of aromatic nitrogens is 2. The molecule has 2 aliphatic rings. The molecule has 7 heteroatoms. The van der Waals surface area contributed by atoms with Crippen LogP contribution in [-0.2, 0) is 24.8 Å². The van der Waals surface area contributed by atoms with Crippen molar-refractivity contribution in [3.8, 4) is 0 Å². The fourth-order valence-electron chi connectivity index (χ4n) is 3.81. The molecule has 1 aromatic heterocycles. The number of carbonyl (C=O) groups excluding carboxylic acids is 1. The molecule has 0 aliphatic carbocycles. The second-order valence-corrected chi connectivity index (χ2v) is 7.13. The third kappa shape index (κ3) is 3.19. The Morgan fingerprint density at radius 3 is 2.73 bits per heavy atom. The van der Waals surface area contributed by atoms with E-state index in [1.807, 2.05) is 22.8 Å². The smallest absolute Gasteiger partial charge is 0.410 e. The highest BCUT2D eigenvalue weighted by Gasteiger charge is 2.47. The summed E-state index contributed by atoms with van der Waals surface area (Å²) in [4.78, 5) is 16.3. The van der Waals surface area contributed by atoms with Gasteiger partial charge in [0.05, 0.1) is 12.2 Å². The number of hydrogen-bond donors (Lipinski definition) is 0. The number of rotatable bonds is 5. The molecular weight excluding hydrogens is 335 g/mol. The van der Waals surface area contributed by atoms with Crippen LogP contribution in [-0.4, -0.2) is 57.5 Å².